The minimum atomic E-state index is -0.174. The Morgan fingerprint density at radius 2 is 2.40 bits per heavy atom. The van der Waals surface area contributed by atoms with Crippen LogP contribution in [0.1, 0.15) is 29.2 Å². The van der Waals surface area contributed by atoms with Gasteiger partial charge in [0, 0.05) is 13.2 Å². The molecule has 0 fully saturated rings. The van der Waals surface area contributed by atoms with Crippen LogP contribution in [-0.2, 0) is 13.5 Å². The van der Waals surface area contributed by atoms with E-state index in [1.54, 1.807) is 10.9 Å². The standard InChI is InChI=1S/C9H13N5S/c1-3-6-9(15-13-12-6)8(10)7-4-5-11-14(7)2/h4-5,8H,3,10H2,1-2H3. The predicted molar refractivity (Wildman–Crippen MR) is 58.5 cm³/mol. The lowest BCUT2D eigenvalue weighted by atomic mass is 10.1. The van der Waals surface area contributed by atoms with Crippen LogP contribution >= 0.6 is 11.5 Å². The van der Waals surface area contributed by atoms with Crippen molar-refractivity contribution in [2.45, 2.75) is 19.4 Å². The van der Waals surface area contributed by atoms with E-state index in [4.69, 9.17) is 5.73 Å². The zero-order valence-electron chi connectivity index (χ0n) is 8.71. The molecule has 2 N–H and O–H groups in total. The second-order valence-electron chi connectivity index (χ2n) is 3.29. The second kappa shape index (κ2) is 4.08. The number of hydrogen-bond donors (Lipinski definition) is 1. The molecule has 2 heterocycles. The van der Waals surface area contributed by atoms with Crippen LogP contribution in [0.2, 0.25) is 0 Å². The Bertz CT molecular complexity index is 447. The molecule has 2 rings (SSSR count). The molecule has 6 heteroatoms. The van der Waals surface area contributed by atoms with Crippen LogP contribution in [0.5, 0.6) is 0 Å². The van der Waals surface area contributed by atoms with Gasteiger partial charge in [0.1, 0.15) is 0 Å². The summed E-state index contributed by atoms with van der Waals surface area (Å²) in [5.41, 5.74) is 8.11. The van der Waals surface area contributed by atoms with Gasteiger partial charge in [-0.05, 0) is 24.0 Å². The van der Waals surface area contributed by atoms with Crippen LogP contribution in [0.3, 0.4) is 0 Å². The summed E-state index contributed by atoms with van der Waals surface area (Å²) in [6.45, 7) is 2.05. The number of aryl methyl sites for hydroxylation is 2. The lowest BCUT2D eigenvalue weighted by Crippen LogP contribution is -2.16. The van der Waals surface area contributed by atoms with Crippen LogP contribution in [0.25, 0.3) is 0 Å². The van der Waals surface area contributed by atoms with Gasteiger partial charge in [-0.15, -0.1) is 5.10 Å². The quantitative estimate of drug-likeness (QED) is 0.838. The minimum Gasteiger partial charge on any atom is -0.318 e. The fourth-order valence-corrected chi connectivity index (χ4v) is 2.27. The lowest BCUT2D eigenvalue weighted by molar-refractivity contribution is 0.674. The Labute approximate surface area is 92.1 Å². The highest BCUT2D eigenvalue weighted by Gasteiger charge is 2.18. The molecule has 1 unspecified atom stereocenters. The topological polar surface area (TPSA) is 69.6 Å². The maximum atomic E-state index is 6.15. The van der Waals surface area contributed by atoms with E-state index >= 15 is 0 Å². The normalized spacial score (nSPS) is 13.0. The molecule has 0 saturated heterocycles. The minimum absolute atomic E-state index is 0.174. The van der Waals surface area contributed by atoms with Crippen LogP contribution in [0.15, 0.2) is 12.3 Å². The van der Waals surface area contributed by atoms with Gasteiger partial charge >= 0.3 is 0 Å². The Morgan fingerprint density at radius 1 is 1.60 bits per heavy atom. The van der Waals surface area contributed by atoms with Crippen molar-refractivity contribution in [3.63, 3.8) is 0 Å². The van der Waals surface area contributed by atoms with Gasteiger partial charge in [-0.25, -0.2) is 0 Å². The maximum absolute atomic E-state index is 6.15. The molecule has 15 heavy (non-hydrogen) atoms. The van der Waals surface area contributed by atoms with E-state index in [0.717, 1.165) is 22.7 Å². The first-order valence-corrected chi connectivity index (χ1v) is 5.56. The first kappa shape index (κ1) is 10.3. The third-order valence-corrected chi connectivity index (χ3v) is 3.23. The first-order valence-electron chi connectivity index (χ1n) is 4.78. The fourth-order valence-electron chi connectivity index (χ4n) is 1.52. The predicted octanol–water partition coefficient (Wildman–Crippen LogP) is 0.882. The van der Waals surface area contributed by atoms with Gasteiger partial charge in [0.2, 0.25) is 0 Å². The van der Waals surface area contributed by atoms with Gasteiger partial charge in [-0.3, -0.25) is 4.68 Å². The summed E-state index contributed by atoms with van der Waals surface area (Å²) in [5, 5.41) is 8.16. The maximum Gasteiger partial charge on any atom is 0.0852 e. The number of hydrogen-bond acceptors (Lipinski definition) is 5. The Balaban J connectivity index is 2.36. The van der Waals surface area contributed by atoms with E-state index in [0.29, 0.717) is 0 Å². The van der Waals surface area contributed by atoms with E-state index in [1.165, 1.54) is 11.5 Å². The van der Waals surface area contributed by atoms with Crippen LogP contribution in [-0.4, -0.2) is 19.4 Å². The van der Waals surface area contributed by atoms with Gasteiger partial charge in [-0.1, -0.05) is 11.4 Å². The smallest absolute Gasteiger partial charge is 0.0852 e. The fraction of sp³-hybridized carbons (Fsp3) is 0.444. The van der Waals surface area contributed by atoms with Crippen molar-refractivity contribution in [2.24, 2.45) is 12.8 Å². The Hall–Kier alpha value is -1.27. The molecule has 1 atom stereocenters. The number of rotatable bonds is 3. The largest absolute Gasteiger partial charge is 0.318 e. The summed E-state index contributed by atoms with van der Waals surface area (Å²) >= 11 is 1.36. The van der Waals surface area contributed by atoms with Gasteiger partial charge in [-0.2, -0.15) is 5.10 Å². The van der Waals surface area contributed by atoms with E-state index < -0.39 is 0 Å². The van der Waals surface area contributed by atoms with Crippen LogP contribution in [0.4, 0.5) is 0 Å². The molecule has 0 aliphatic heterocycles. The van der Waals surface area contributed by atoms with E-state index in [2.05, 4.69) is 21.6 Å². The van der Waals surface area contributed by atoms with E-state index in [1.807, 2.05) is 13.1 Å². The summed E-state index contributed by atoms with van der Waals surface area (Å²) in [4.78, 5) is 1.03. The van der Waals surface area contributed by atoms with Crippen molar-refractivity contribution in [2.75, 3.05) is 0 Å². The number of aromatic nitrogens is 4. The third kappa shape index (κ3) is 1.78. The van der Waals surface area contributed by atoms with Crippen molar-refractivity contribution >= 4 is 11.5 Å². The number of nitrogens with two attached hydrogens (primary N) is 1. The van der Waals surface area contributed by atoms with Gasteiger partial charge in [0.05, 0.1) is 22.3 Å². The van der Waals surface area contributed by atoms with Crippen molar-refractivity contribution in [3.8, 4) is 0 Å². The molecule has 0 aliphatic carbocycles. The molecule has 5 nitrogen and oxygen atoms in total. The van der Waals surface area contributed by atoms with Crippen molar-refractivity contribution < 1.29 is 0 Å². The van der Waals surface area contributed by atoms with E-state index in [-0.39, 0.29) is 6.04 Å². The molecular weight excluding hydrogens is 210 g/mol. The molecule has 0 radical (unpaired) electrons. The molecular formula is C9H13N5S. The average Bonchev–Trinajstić information content (AvgIpc) is 2.84. The molecule has 0 aliphatic rings. The van der Waals surface area contributed by atoms with E-state index in [9.17, 15) is 0 Å². The van der Waals surface area contributed by atoms with Gasteiger partial charge in [0.25, 0.3) is 0 Å². The molecule has 0 saturated carbocycles. The van der Waals surface area contributed by atoms with Crippen molar-refractivity contribution in [1.29, 1.82) is 0 Å². The molecule has 80 valence electrons. The summed E-state index contributed by atoms with van der Waals surface area (Å²) < 4.78 is 5.72. The van der Waals surface area contributed by atoms with Gasteiger partial charge in [0.15, 0.2) is 0 Å². The number of nitrogens with zero attached hydrogens (tertiary/aromatic N) is 4. The monoisotopic (exact) mass is 223 g/mol. The van der Waals surface area contributed by atoms with Crippen molar-refractivity contribution in [3.05, 3.63) is 28.5 Å². The molecule has 0 amide bonds. The molecule has 2 aromatic heterocycles. The van der Waals surface area contributed by atoms with Gasteiger partial charge < -0.3 is 5.73 Å². The third-order valence-electron chi connectivity index (χ3n) is 2.38. The van der Waals surface area contributed by atoms with Crippen LogP contribution < -0.4 is 5.73 Å². The summed E-state index contributed by atoms with van der Waals surface area (Å²) in [6.07, 6.45) is 2.60. The molecule has 0 aromatic carbocycles. The second-order valence-corrected chi connectivity index (χ2v) is 4.08. The van der Waals surface area contributed by atoms with Crippen molar-refractivity contribution in [1.82, 2.24) is 19.4 Å². The highest BCUT2D eigenvalue weighted by molar-refractivity contribution is 7.05. The summed E-state index contributed by atoms with van der Waals surface area (Å²) in [6, 6.07) is 1.75. The Kier molecular flexibility index (Phi) is 2.79. The summed E-state index contributed by atoms with van der Waals surface area (Å²) in [5.74, 6) is 0. The zero-order chi connectivity index (χ0) is 10.8. The first-order chi connectivity index (χ1) is 7.24. The Morgan fingerprint density at radius 3 is 3.00 bits per heavy atom. The molecule has 0 bridgehead atoms. The molecule has 0 spiro atoms. The molecule has 2 aromatic rings. The summed E-state index contributed by atoms with van der Waals surface area (Å²) in [7, 11) is 1.88. The highest BCUT2D eigenvalue weighted by atomic mass is 32.1. The lowest BCUT2D eigenvalue weighted by Gasteiger charge is -2.10. The average molecular weight is 223 g/mol. The zero-order valence-corrected chi connectivity index (χ0v) is 9.53. The highest BCUT2D eigenvalue weighted by Crippen LogP contribution is 2.24. The van der Waals surface area contributed by atoms with Crippen LogP contribution in [0, 0.1) is 0 Å². The SMILES string of the molecule is CCc1nnsc1C(N)c1ccnn1C.